The molecule has 2 saturated heterocycles. The molecule has 1 N–H and O–H groups in total. The van der Waals surface area contributed by atoms with Crippen molar-refractivity contribution in [2.45, 2.75) is 32.7 Å². The summed E-state index contributed by atoms with van der Waals surface area (Å²) in [6.45, 7) is 7.97. The first kappa shape index (κ1) is 17.7. The van der Waals surface area contributed by atoms with E-state index in [1.165, 1.54) is 6.07 Å². The van der Waals surface area contributed by atoms with Gasteiger partial charge < -0.3 is 15.1 Å². The van der Waals surface area contributed by atoms with Crippen LogP contribution < -0.4 is 10.2 Å². The lowest BCUT2D eigenvalue weighted by Crippen LogP contribution is -2.52. The van der Waals surface area contributed by atoms with Crippen LogP contribution in [0.1, 0.15) is 37.0 Å². The number of piperidine rings is 1. The van der Waals surface area contributed by atoms with Crippen molar-refractivity contribution >= 4 is 17.3 Å². The summed E-state index contributed by atoms with van der Waals surface area (Å²) in [6.07, 6.45) is 2.08. The number of hydrogen-bond donors (Lipinski definition) is 1. The van der Waals surface area contributed by atoms with Gasteiger partial charge in [-0.3, -0.25) is 14.9 Å². The Morgan fingerprint density at radius 3 is 2.60 bits per heavy atom. The summed E-state index contributed by atoms with van der Waals surface area (Å²) in [4.78, 5) is 27.9. The molecule has 0 spiro atoms. The van der Waals surface area contributed by atoms with Crippen LogP contribution in [-0.2, 0) is 0 Å². The number of carbonyl (C=O) groups excluding carboxylic acids is 1. The molecule has 0 radical (unpaired) electrons. The van der Waals surface area contributed by atoms with E-state index in [1.807, 2.05) is 6.92 Å². The molecule has 25 heavy (non-hydrogen) atoms. The summed E-state index contributed by atoms with van der Waals surface area (Å²) in [6, 6.07) is 5.01. The summed E-state index contributed by atoms with van der Waals surface area (Å²) in [7, 11) is 0. The monoisotopic (exact) mass is 346 g/mol. The molecule has 1 aromatic carbocycles. The van der Waals surface area contributed by atoms with E-state index in [2.05, 4.69) is 17.1 Å². The van der Waals surface area contributed by atoms with E-state index in [0.717, 1.165) is 39.0 Å². The van der Waals surface area contributed by atoms with E-state index in [-0.39, 0.29) is 22.6 Å². The molecule has 0 saturated carbocycles. The summed E-state index contributed by atoms with van der Waals surface area (Å²) in [5.41, 5.74) is 1.06. The van der Waals surface area contributed by atoms with E-state index >= 15 is 0 Å². The minimum atomic E-state index is -0.370. The van der Waals surface area contributed by atoms with Crippen LogP contribution >= 0.6 is 0 Å². The average molecular weight is 346 g/mol. The first-order chi connectivity index (χ1) is 12.0. The number of nitrogens with zero attached hydrogens (tertiary/aromatic N) is 3. The molecule has 2 heterocycles. The molecule has 0 aromatic heterocycles. The molecule has 1 atom stereocenters. The lowest BCUT2D eigenvalue weighted by molar-refractivity contribution is -0.384. The van der Waals surface area contributed by atoms with Crippen molar-refractivity contribution in [1.29, 1.82) is 0 Å². The molecule has 0 aliphatic carbocycles. The first-order valence-corrected chi connectivity index (χ1v) is 9.02. The Balaban J connectivity index is 1.86. The van der Waals surface area contributed by atoms with Crippen molar-refractivity contribution in [3.05, 3.63) is 33.9 Å². The topological polar surface area (TPSA) is 78.7 Å². The molecular formula is C18H26N4O3. The van der Waals surface area contributed by atoms with Gasteiger partial charge in [-0.05, 0) is 37.8 Å². The zero-order valence-corrected chi connectivity index (χ0v) is 14.9. The van der Waals surface area contributed by atoms with Crippen molar-refractivity contribution in [1.82, 2.24) is 10.2 Å². The molecule has 0 bridgehead atoms. The number of hydrogen-bond acceptors (Lipinski definition) is 5. The van der Waals surface area contributed by atoms with Crippen LogP contribution in [-0.4, -0.2) is 54.5 Å². The maximum atomic E-state index is 12.8. The van der Waals surface area contributed by atoms with Crippen molar-refractivity contribution in [2.24, 2.45) is 5.92 Å². The first-order valence-electron chi connectivity index (χ1n) is 9.02. The van der Waals surface area contributed by atoms with Crippen molar-refractivity contribution < 1.29 is 9.72 Å². The van der Waals surface area contributed by atoms with Gasteiger partial charge >= 0.3 is 0 Å². The summed E-state index contributed by atoms with van der Waals surface area (Å²) in [5.74, 6) is 0.529. The lowest BCUT2D eigenvalue weighted by atomic mass is 9.98. The summed E-state index contributed by atoms with van der Waals surface area (Å²) >= 11 is 0. The third-order valence-electron chi connectivity index (χ3n) is 5.31. The highest BCUT2D eigenvalue weighted by molar-refractivity contribution is 5.96. The number of benzene rings is 1. The summed E-state index contributed by atoms with van der Waals surface area (Å²) < 4.78 is 0. The maximum absolute atomic E-state index is 12.8. The zero-order valence-electron chi connectivity index (χ0n) is 14.9. The van der Waals surface area contributed by atoms with Crippen LogP contribution in [0.4, 0.5) is 11.4 Å². The van der Waals surface area contributed by atoms with Crippen LogP contribution in [0.25, 0.3) is 0 Å². The molecule has 1 unspecified atom stereocenters. The van der Waals surface area contributed by atoms with Crippen LogP contribution in [0.5, 0.6) is 0 Å². The standard InChI is InChI=1S/C18H26N4O3/c1-13-5-8-20(9-6-13)16-4-3-15(11-17(16)22(24)25)18(23)21-10-7-19-12-14(21)2/h3-4,11,13-14,19H,5-10,12H2,1-2H3. The smallest absolute Gasteiger partial charge is 0.293 e. The third kappa shape index (κ3) is 3.76. The van der Waals surface area contributed by atoms with Gasteiger partial charge in [0.15, 0.2) is 0 Å². The Hall–Kier alpha value is -2.15. The summed E-state index contributed by atoms with van der Waals surface area (Å²) in [5, 5.41) is 14.8. The minimum Gasteiger partial charge on any atom is -0.366 e. The van der Waals surface area contributed by atoms with E-state index in [4.69, 9.17) is 0 Å². The largest absolute Gasteiger partial charge is 0.366 e. The van der Waals surface area contributed by atoms with Gasteiger partial charge in [0.25, 0.3) is 11.6 Å². The molecule has 7 nitrogen and oxygen atoms in total. The number of anilines is 1. The number of carbonyl (C=O) groups is 1. The average Bonchev–Trinajstić information content (AvgIpc) is 2.62. The quantitative estimate of drug-likeness (QED) is 0.671. The Morgan fingerprint density at radius 2 is 1.96 bits per heavy atom. The number of piperazine rings is 1. The molecule has 1 aromatic rings. The molecule has 7 heteroatoms. The van der Waals surface area contributed by atoms with E-state index in [9.17, 15) is 14.9 Å². The van der Waals surface area contributed by atoms with E-state index < -0.39 is 0 Å². The Morgan fingerprint density at radius 1 is 1.24 bits per heavy atom. The van der Waals surface area contributed by atoms with E-state index in [1.54, 1.807) is 17.0 Å². The van der Waals surface area contributed by atoms with Crippen LogP contribution in [0, 0.1) is 16.0 Å². The molecule has 2 aliphatic rings. The number of rotatable bonds is 3. The second-order valence-corrected chi connectivity index (χ2v) is 7.18. The zero-order chi connectivity index (χ0) is 18.0. The van der Waals surface area contributed by atoms with Gasteiger partial charge in [-0.25, -0.2) is 0 Å². The van der Waals surface area contributed by atoms with Crippen molar-refractivity contribution in [3.63, 3.8) is 0 Å². The highest BCUT2D eigenvalue weighted by atomic mass is 16.6. The van der Waals surface area contributed by atoms with Gasteiger partial charge in [-0.15, -0.1) is 0 Å². The minimum absolute atomic E-state index is 0.0307. The normalized spacial score (nSPS) is 22.1. The second kappa shape index (κ2) is 7.39. The van der Waals surface area contributed by atoms with Crippen LogP contribution in [0.15, 0.2) is 18.2 Å². The fourth-order valence-electron chi connectivity index (χ4n) is 3.63. The van der Waals surface area contributed by atoms with Gasteiger partial charge in [0, 0.05) is 50.4 Å². The fourth-order valence-corrected chi connectivity index (χ4v) is 3.63. The third-order valence-corrected chi connectivity index (χ3v) is 5.31. The fraction of sp³-hybridized carbons (Fsp3) is 0.611. The number of nitro groups is 1. The van der Waals surface area contributed by atoms with Gasteiger partial charge in [0.1, 0.15) is 5.69 Å². The van der Waals surface area contributed by atoms with Crippen molar-refractivity contribution in [3.8, 4) is 0 Å². The van der Waals surface area contributed by atoms with Gasteiger partial charge in [0.05, 0.1) is 4.92 Å². The SMILES string of the molecule is CC1CCN(c2ccc(C(=O)N3CCNCC3C)cc2[N+](=O)[O-])CC1. The van der Waals surface area contributed by atoms with Crippen LogP contribution in [0.2, 0.25) is 0 Å². The van der Waals surface area contributed by atoms with E-state index in [0.29, 0.717) is 23.7 Å². The highest BCUT2D eigenvalue weighted by Gasteiger charge is 2.28. The predicted octanol–water partition coefficient (Wildman–Crippen LogP) is 2.27. The highest BCUT2D eigenvalue weighted by Crippen LogP contribution is 2.32. The molecule has 2 fully saturated rings. The lowest BCUT2D eigenvalue weighted by Gasteiger charge is -2.34. The number of nitro benzene ring substituents is 1. The molecular weight excluding hydrogens is 320 g/mol. The number of amides is 1. The Bertz CT molecular complexity index is 656. The number of nitrogens with one attached hydrogen (secondary N) is 1. The molecule has 136 valence electrons. The molecule has 1 amide bonds. The van der Waals surface area contributed by atoms with Gasteiger partial charge in [0.2, 0.25) is 0 Å². The second-order valence-electron chi connectivity index (χ2n) is 7.18. The molecule has 2 aliphatic heterocycles. The Labute approximate surface area is 148 Å². The Kier molecular flexibility index (Phi) is 5.22. The van der Waals surface area contributed by atoms with Gasteiger partial charge in [-0.2, -0.15) is 0 Å². The van der Waals surface area contributed by atoms with Crippen LogP contribution in [0.3, 0.4) is 0 Å². The molecule has 3 rings (SSSR count). The predicted molar refractivity (Wildman–Crippen MR) is 97.1 cm³/mol. The van der Waals surface area contributed by atoms with Gasteiger partial charge in [-0.1, -0.05) is 6.92 Å². The maximum Gasteiger partial charge on any atom is 0.293 e. The van der Waals surface area contributed by atoms with Crippen molar-refractivity contribution in [2.75, 3.05) is 37.6 Å².